The maximum absolute atomic E-state index is 13.3. The number of carbonyl (C=O) groups is 1. The molecule has 1 aromatic carbocycles. The van der Waals surface area contributed by atoms with Crippen LogP contribution < -0.4 is 0 Å². The molecule has 3 rings (SSSR count). The van der Waals surface area contributed by atoms with Gasteiger partial charge in [-0.2, -0.15) is 13.2 Å². The average Bonchev–Trinajstić information content (AvgIpc) is 2.73. The maximum Gasteiger partial charge on any atom is 0.415 e. The van der Waals surface area contributed by atoms with Crippen molar-refractivity contribution in [2.75, 3.05) is 6.61 Å². The number of Topliss-reactive ketones (excluding diaryl/α,β-unsaturated/α-hetero) is 1. The largest absolute Gasteiger partial charge is 0.415 e. The third-order valence-corrected chi connectivity index (χ3v) is 4.44. The molecule has 0 unspecified atom stereocenters. The summed E-state index contributed by atoms with van der Waals surface area (Å²) in [5, 5.41) is 0. The van der Waals surface area contributed by atoms with E-state index in [9.17, 15) is 18.0 Å². The molecule has 0 spiro atoms. The number of rotatable bonds is 1. The van der Waals surface area contributed by atoms with Crippen LogP contribution in [0.15, 0.2) is 41.5 Å². The first-order valence-electron chi connectivity index (χ1n) is 6.85. The molecule has 2 nitrogen and oxygen atoms in total. The lowest BCUT2D eigenvalue weighted by molar-refractivity contribution is -0.235. The molecule has 0 aromatic heterocycles. The van der Waals surface area contributed by atoms with Gasteiger partial charge < -0.3 is 4.74 Å². The number of ether oxygens (including phenoxy) is 1. The van der Waals surface area contributed by atoms with Gasteiger partial charge >= 0.3 is 6.18 Å². The fraction of sp³-hybridized carbons (Fsp3) is 0.438. The number of carbonyl (C=O) groups excluding carboxylic acids is 1. The minimum atomic E-state index is -4.44. The van der Waals surface area contributed by atoms with Gasteiger partial charge in [-0.25, -0.2) is 0 Å². The molecular formula is C16H15F3O2. The third-order valence-electron chi connectivity index (χ3n) is 4.44. The summed E-state index contributed by atoms with van der Waals surface area (Å²) in [4.78, 5) is 11.9. The molecule has 1 aliphatic carbocycles. The predicted molar refractivity (Wildman–Crippen MR) is 70.8 cm³/mol. The Morgan fingerprint density at radius 1 is 1.19 bits per heavy atom. The van der Waals surface area contributed by atoms with E-state index in [-0.39, 0.29) is 18.8 Å². The van der Waals surface area contributed by atoms with E-state index in [2.05, 4.69) is 0 Å². The molecule has 1 fully saturated rings. The van der Waals surface area contributed by atoms with Crippen LogP contribution in [-0.2, 0) is 9.53 Å². The van der Waals surface area contributed by atoms with Crippen molar-refractivity contribution in [3.8, 4) is 0 Å². The summed E-state index contributed by atoms with van der Waals surface area (Å²) < 4.78 is 45.0. The molecule has 1 aromatic rings. The second-order valence-electron chi connectivity index (χ2n) is 5.59. The van der Waals surface area contributed by atoms with Crippen LogP contribution in [0.2, 0.25) is 0 Å². The number of ketones is 1. The maximum atomic E-state index is 13.3. The van der Waals surface area contributed by atoms with Gasteiger partial charge in [0.05, 0.1) is 6.61 Å². The van der Waals surface area contributed by atoms with E-state index in [1.54, 1.807) is 37.3 Å². The van der Waals surface area contributed by atoms with Crippen molar-refractivity contribution in [2.45, 2.75) is 31.5 Å². The van der Waals surface area contributed by atoms with Crippen molar-refractivity contribution in [3.63, 3.8) is 0 Å². The topological polar surface area (TPSA) is 26.3 Å². The first-order valence-corrected chi connectivity index (χ1v) is 6.85. The second-order valence-corrected chi connectivity index (χ2v) is 5.59. The molecule has 1 aliphatic heterocycles. The highest BCUT2D eigenvalue weighted by molar-refractivity contribution is 5.98. The fourth-order valence-corrected chi connectivity index (χ4v) is 3.37. The van der Waals surface area contributed by atoms with E-state index >= 15 is 0 Å². The smallest absolute Gasteiger partial charge is 0.364 e. The van der Waals surface area contributed by atoms with Crippen LogP contribution in [0, 0.1) is 5.92 Å². The highest BCUT2D eigenvalue weighted by Crippen LogP contribution is 2.49. The molecule has 0 radical (unpaired) electrons. The zero-order valence-corrected chi connectivity index (χ0v) is 11.5. The summed E-state index contributed by atoms with van der Waals surface area (Å²) in [5.74, 6) is -1.32. The molecule has 0 bridgehead atoms. The third kappa shape index (κ3) is 2.39. The SMILES string of the molecule is CC1=C2CO[C@H](C(F)(F)F)[C@@H](c3ccccc3)[C@H]2CC1=O. The second kappa shape index (κ2) is 4.98. The van der Waals surface area contributed by atoms with Crippen molar-refractivity contribution in [1.82, 2.24) is 0 Å². The number of hydrogen-bond acceptors (Lipinski definition) is 2. The van der Waals surface area contributed by atoms with Crippen LogP contribution >= 0.6 is 0 Å². The van der Waals surface area contributed by atoms with Gasteiger partial charge in [0.2, 0.25) is 0 Å². The van der Waals surface area contributed by atoms with E-state index in [1.807, 2.05) is 0 Å². The summed E-state index contributed by atoms with van der Waals surface area (Å²) >= 11 is 0. The van der Waals surface area contributed by atoms with Gasteiger partial charge in [-0.3, -0.25) is 4.79 Å². The number of alkyl halides is 3. The van der Waals surface area contributed by atoms with Crippen LogP contribution in [0.3, 0.4) is 0 Å². The number of halogens is 3. The van der Waals surface area contributed by atoms with E-state index < -0.39 is 24.1 Å². The van der Waals surface area contributed by atoms with Crippen LogP contribution in [0.4, 0.5) is 13.2 Å². The Bertz CT molecular complexity index is 589. The highest BCUT2D eigenvalue weighted by Gasteiger charge is 2.54. The summed E-state index contributed by atoms with van der Waals surface area (Å²) in [7, 11) is 0. The summed E-state index contributed by atoms with van der Waals surface area (Å²) in [6, 6.07) is 8.54. The van der Waals surface area contributed by atoms with Crippen molar-refractivity contribution in [3.05, 3.63) is 47.0 Å². The zero-order chi connectivity index (χ0) is 15.2. The van der Waals surface area contributed by atoms with Gasteiger partial charge in [-0.05, 0) is 29.6 Å². The Kier molecular flexibility index (Phi) is 3.40. The summed E-state index contributed by atoms with van der Waals surface area (Å²) in [6.45, 7) is 1.58. The van der Waals surface area contributed by atoms with E-state index in [1.165, 1.54) is 0 Å². The van der Waals surface area contributed by atoms with Gasteiger partial charge in [0.25, 0.3) is 0 Å². The van der Waals surface area contributed by atoms with E-state index in [4.69, 9.17) is 4.74 Å². The number of fused-ring (bicyclic) bond motifs is 1. The highest BCUT2D eigenvalue weighted by atomic mass is 19.4. The van der Waals surface area contributed by atoms with Gasteiger partial charge in [0.1, 0.15) is 0 Å². The molecule has 2 aliphatic rings. The Morgan fingerprint density at radius 2 is 1.86 bits per heavy atom. The molecular weight excluding hydrogens is 281 g/mol. The molecule has 112 valence electrons. The molecule has 21 heavy (non-hydrogen) atoms. The standard InChI is InChI=1S/C16H15F3O2/c1-9-12-8-21-15(16(17,18)19)14(11(12)7-13(9)20)10-5-3-2-4-6-10/h2-6,11,14-15H,7-8H2,1H3/t11-,14-,15-/m0/s1. The number of benzene rings is 1. The van der Waals surface area contributed by atoms with Crippen molar-refractivity contribution >= 4 is 5.78 Å². The van der Waals surface area contributed by atoms with Gasteiger partial charge in [0, 0.05) is 12.3 Å². The lowest BCUT2D eigenvalue weighted by Crippen LogP contribution is -2.44. The molecule has 0 N–H and O–H groups in total. The lowest BCUT2D eigenvalue weighted by Gasteiger charge is -2.39. The number of hydrogen-bond donors (Lipinski definition) is 0. The molecule has 3 atom stereocenters. The Balaban J connectivity index is 2.06. The van der Waals surface area contributed by atoms with Crippen molar-refractivity contribution < 1.29 is 22.7 Å². The minimum absolute atomic E-state index is 0.0673. The quantitative estimate of drug-likeness (QED) is 0.791. The molecule has 1 saturated heterocycles. The summed E-state index contributed by atoms with van der Waals surface area (Å²) in [6.07, 6.45) is -6.14. The minimum Gasteiger partial charge on any atom is -0.364 e. The van der Waals surface area contributed by atoms with Crippen LogP contribution in [0.25, 0.3) is 0 Å². The number of allylic oxidation sites excluding steroid dienone is 1. The molecule has 1 heterocycles. The van der Waals surface area contributed by atoms with Gasteiger partial charge in [-0.15, -0.1) is 0 Å². The average molecular weight is 296 g/mol. The molecule has 0 amide bonds. The fourth-order valence-electron chi connectivity index (χ4n) is 3.37. The lowest BCUT2D eigenvalue weighted by atomic mass is 9.76. The van der Waals surface area contributed by atoms with E-state index in [0.29, 0.717) is 11.1 Å². The van der Waals surface area contributed by atoms with Crippen molar-refractivity contribution in [2.24, 2.45) is 5.92 Å². The molecule has 5 heteroatoms. The van der Waals surface area contributed by atoms with Crippen LogP contribution in [-0.4, -0.2) is 24.7 Å². The summed E-state index contributed by atoms with van der Waals surface area (Å²) in [5.41, 5.74) is 1.88. The Hall–Kier alpha value is -1.62. The zero-order valence-electron chi connectivity index (χ0n) is 11.5. The monoisotopic (exact) mass is 296 g/mol. The normalized spacial score (nSPS) is 29.7. The molecule has 0 saturated carbocycles. The van der Waals surface area contributed by atoms with Crippen molar-refractivity contribution in [1.29, 1.82) is 0 Å². The van der Waals surface area contributed by atoms with E-state index in [0.717, 1.165) is 5.57 Å². The van der Waals surface area contributed by atoms with Crippen LogP contribution in [0.1, 0.15) is 24.8 Å². The van der Waals surface area contributed by atoms with Crippen LogP contribution in [0.5, 0.6) is 0 Å². The Labute approximate surface area is 120 Å². The first-order chi connectivity index (χ1) is 9.89. The first kappa shape index (κ1) is 14.3. The Morgan fingerprint density at radius 3 is 2.48 bits per heavy atom. The van der Waals surface area contributed by atoms with Gasteiger partial charge in [-0.1, -0.05) is 30.3 Å². The van der Waals surface area contributed by atoms with Gasteiger partial charge in [0.15, 0.2) is 11.9 Å². The predicted octanol–water partition coefficient (Wildman–Crippen LogP) is 3.64.